The van der Waals surface area contributed by atoms with Gasteiger partial charge in [-0.15, -0.1) is 0 Å². The first kappa shape index (κ1) is 34.8. The number of carbonyl (C=O) groups excluding carboxylic acids is 5. The predicted molar refractivity (Wildman–Crippen MR) is 163 cm³/mol. The van der Waals surface area contributed by atoms with Crippen molar-refractivity contribution in [3.05, 3.63) is 35.9 Å². The first-order valence-corrected chi connectivity index (χ1v) is 16.1. The number of carbonyl (C=O) groups is 5. The van der Waals surface area contributed by atoms with E-state index < -0.39 is 99.6 Å². The molecule has 0 heterocycles. The maximum atomic E-state index is 13.4. The Bertz CT molecular complexity index is 1460. The summed E-state index contributed by atoms with van der Waals surface area (Å²) in [4.78, 5) is 64.3. The van der Waals surface area contributed by atoms with E-state index in [0.717, 1.165) is 0 Å². The molecule has 1 aromatic rings. The zero-order chi connectivity index (χ0) is 34.9. The Kier molecular flexibility index (Phi) is 8.57. The summed E-state index contributed by atoms with van der Waals surface area (Å²) >= 11 is 0. The molecule has 4 fully saturated rings. The van der Waals surface area contributed by atoms with Gasteiger partial charge in [0.2, 0.25) is 0 Å². The van der Waals surface area contributed by atoms with Gasteiger partial charge in [0.05, 0.1) is 17.6 Å². The number of esters is 5. The van der Waals surface area contributed by atoms with Gasteiger partial charge in [-0.1, -0.05) is 39.0 Å². The van der Waals surface area contributed by atoms with Gasteiger partial charge in [0.15, 0.2) is 0 Å². The monoisotopic (exact) mass is 658 g/mol. The van der Waals surface area contributed by atoms with E-state index in [1.54, 1.807) is 58.0 Å². The van der Waals surface area contributed by atoms with Crippen molar-refractivity contribution in [1.82, 2.24) is 0 Å². The second kappa shape index (κ2) is 11.6. The minimum Gasteiger partial charge on any atom is -0.461 e. The molecule has 0 aromatic heterocycles. The lowest BCUT2D eigenvalue weighted by atomic mass is 9.46. The molecule has 4 aliphatic rings. The van der Waals surface area contributed by atoms with E-state index in [-0.39, 0.29) is 31.2 Å². The summed E-state index contributed by atoms with van der Waals surface area (Å²) < 4.78 is 30.2. The standard InChI is InChI=1S/C35H46O12/c1-18-14-34(42)26(27(18)45-29(41)23-12-10-9-11-13-23)28(43-19(2)36)32(7)17-35(47-22(5)39)24(33(32,8)30(34)44-20(3)37)15-31(6,16-25(35)40)46-21(4)38/h9-13,18,24-28,30,40,42H,14-17H2,1-8H3/t18-,24-,25-,26+,27-,28+,30+,31+,32-,33+,34+,35-/m0/s1. The Morgan fingerprint density at radius 2 is 1.38 bits per heavy atom. The molecule has 0 aliphatic heterocycles. The maximum Gasteiger partial charge on any atom is 0.338 e. The molecule has 4 saturated carbocycles. The van der Waals surface area contributed by atoms with Gasteiger partial charge in [0, 0.05) is 50.9 Å². The number of fused-ring (bicyclic) bond motifs is 4. The fraction of sp³-hybridized carbons (Fsp3) is 0.686. The first-order chi connectivity index (χ1) is 21.7. The number of ether oxygens (including phenoxy) is 5. The zero-order valence-electron chi connectivity index (χ0n) is 28.2. The average Bonchev–Trinajstić information content (AvgIpc) is 3.30. The molecule has 0 unspecified atom stereocenters. The summed E-state index contributed by atoms with van der Waals surface area (Å²) in [5.41, 5.74) is -7.07. The van der Waals surface area contributed by atoms with Crippen LogP contribution in [0.15, 0.2) is 30.3 Å². The SMILES string of the molecule is CC(=O)O[C@@H]1[C@H]2[C@@H](OC(=O)c3ccccc3)[C@@H](C)C[C@]2(O)[C@H](OC(C)=O)[C@@]2(C)[C@@H]3C[C@@](C)(OC(C)=O)C[C@H](O)[C@]3(OC(C)=O)C[C@@]12C. The number of aliphatic hydroxyl groups is 2. The van der Waals surface area contributed by atoms with Crippen molar-refractivity contribution in [2.24, 2.45) is 28.6 Å². The van der Waals surface area contributed by atoms with Crippen molar-refractivity contribution in [2.75, 3.05) is 0 Å². The first-order valence-electron chi connectivity index (χ1n) is 16.1. The van der Waals surface area contributed by atoms with Crippen LogP contribution in [0.25, 0.3) is 0 Å². The van der Waals surface area contributed by atoms with Gasteiger partial charge < -0.3 is 33.9 Å². The van der Waals surface area contributed by atoms with E-state index in [0.29, 0.717) is 0 Å². The van der Waals surface area contributed by atoms with Crippen molar-refractivity contribution < 1.29 is 57.9 Å². The van der Waals surface area contributed by atoms with E-state index in [9.17, 15) is 34.2 Å². The van der Waals surface area contributed by atoms with Gasteiger partial charge in [0.1, 0.15) is 35.1 Å². The van der Waals surface area contributed by atoms with Crippen LogP contribution in [0.4, 0.5) is 0 Å². The van der Waals surface area contributed by atoms with E-state index in [1.807, 2.05) is 0 Å². The van der Waals surface area contributed by atoms with Crippen LogP contribution in [-0.4, -0.2) is 81.3 Å². The second-order valence-electron chi connectivity index (χ2n) is 14.9. The maximum absolute atomic E-state index is 13.4. The predicted octanol–water partition coefficient (Wildman–Crippen LogP) is 3.29. The molecule has 0 radical (unpaired) electrons. The molecule has 12 heteroatoms. The lowest BCUT2D eigenvalue weighted by molar-refractivity contribution is -0.290. The average molecular weight is 659 g/mol. The van der Waals surface area contributed by atoms with Crippen molar-refractivity contribution in [2.45, 2.75) is 122 Å². The Morgan fingerprint density at radius 1 is 0.787 bits per heavy atom. The largest absolute Gasteiger partial charge is 0.461 e. The van der Waals surface area contributed by atoms with Gasteiger partial charge in [0.25, 0.3) is 0 Å². The van der Waals surface area contributed by atoms with Crippen LogP contribution in [0.1, 0.15) is 91.4 Å². The normalized spacial score (nSPS) is 43.4. The van der Waals surface area contributed by atoms with Crippen molar-refractivity contribution in [3.63, 3.8) is 0 Å². The highest BCUT2D eigenvalue weighted by Crippen LogP contribution is 2.76. The van der Waals surface area contributed by atoms with E-state index in [1.165, 1.54) is 27.7 Å². The minimum atomic E-state index is -1.91. The molecule has 0 saturated heterocycles. The highest BCUT2D eigenvalue weighted by Gasteiger charge is 2.84. The molecule has 12 nitrogen and oxygen atoms in total. The van der Waals surface area contributed by atoms with Gasteiger partial charge >= 0.3 is 29.8 Å². The number of aliphatic hydroxyl groups excluding tert-OH is 1. The number of hydrogen-bond acceptors (Lipinski definition) is 12. The van der Waals surface area contributed by atoms with E-state index >= 15 is 0 Å². The third kappa shape index (κ3) is 5.31. The molecule has 2 N–H and O–H groups in total. The summed E-state index contributed by atoms with van der Waals surface area (Å²) in [5, 5.41) is 24.9. The van der Waals surface area contributed by atoms with Crippen LogP contribution in [0.2, 0.25) is 0 Å². The van der Waals surface area contributed by atoms with Crippen LogP contribution in [0, 0.1) is 28.6 Å². The van der Waals surface area contributed by atoms with Crippen LogP contribution in [-0.2, 0) is 42.9 Å². The molecule has 1 aromatic carbocycles. The number of benzene rings is 1. The van der Waals surface area contributed by atoms with Crippen LogP contribution in [0.5, 0.6) is 0 Å². The van der Waals surface area contributed by atoms with E-state index in [2.05, 4.69) is 0 Å². The summed E-state index contributed by atoms with van der Waals surface area (Å²) in [6.07, 6.45) is -4.88. The third-order valence-electron chi connectivity index (χ3n) is 11.7. The Balaban J connectivity index is 1.75. The highest BCUT2D eigenvalue weighted by molar-refractivity contribution is 5.89. The van der Waals surface area contributed by atoms with Gasteiger partial charge in [-0.25, -0.2) is 4.79 Å². The smallest absolute Gasteiger partial charge is 0.338 e. The summed E-state index contributed by atoms with van der Waals surface area (Å²) in [6.45, 7) is 12.0. The van der Waals surface area contributed by atoms with Crippen LogP contribution < -0.4 is 0 Å². The Labute approximate surface area is 274 Å². The molecule has 0 spiro atoms. The lowest BCUT2D eigenvalue weighted by Gasteiger charge is -2.63. The minimum absolute atomic E-state index is 0.00281. The lowest BCUT2D eigenvalue weighted by Crippen LogP contribution is -2.73. The molecule has 5 rings (SSSR count). The van der Waals surface area contributed by atoms with E-state index in [4.69, 9.17) is 23.7 Å². The van der Waals surface area contributed by atoms with Crippen molar-refractivity contribution >= 4 is 29.8 Å². The van der Waals surface area contributed by atoms with Crippen molar-refractivity contribution in [1.29, 1.82) is 0 Å². The molecular formula is C35H46O12. The fourth-order valence-electron chi connectivity index (χ4n) is 10.2. The molecule has 258 valence electrons. The third-order valence-corrected chi connectivity index (χ3v) is 11.7. The van der Waals surface area contributed by atoms with Crippen molar-refractivity contribution in [3.8, 4) is 0 Å². The topological polar surface area (TPSA) is 172 Å². The Hall–Kier alpha value is -3.51. The molecule has 12 atom stereocenters. The van der Waals surface area contributed by atoms with Gasteiger partial charge in [-0.2, -0.15) is 0 Å². The van der Waals surface area contributed by atoms with Gasteiger partial charge in [-0.3, -0.25) is 19.2 Å². The quantitative estimate of drug-likeness (QED) is 0.338. The number of hydrogen-bond donors (Lipinski definition) is 2. The molecule has 0 bridgehead atoms. The second-order valence-corrected chi connectivity index (χ2v) is 14.9. The Morgan fingerprint density at radius 3 is 1.94 bits per heavy atom. The molecular weight excluding hydrogens is 612 g/mol. The van der Waals surface area contributed by atoms with Crippen LogP contribution in [0.3, 0.4) is 0 Å². The number of rotatable bonds is 6. The zero-order valence-corrected chi connectivity index (χ0v) is 28.2. The summed E-state index contributed by atoms with van der Waals surface area (Å²) in [7, 11) is 0. The van der Waals surface area contributed by atoms with Gasteiger partial charge in [-0.05, 0) is 44.2 Å². The molecule has 0 amide bonds. The fourth-order valence-corrected chi connectivity index (χ4v) is 10.2. The summed E-state index contributed by atoms with van der Waals surface area (Å²) in [5.74, 6) is -5.67. The molecule has 47 heavy (non-hydrogen) atoms. The molecule has 4 aliphatic carbocycles. The summed E-state index contributed by atoms with van der Waals surface area (Å²) in [6, 6.07) is 8.35. The van der Waals surface area contributed by atoms with Crippen LogP contribution >= 0.6 is 0 Å². The highest BCUT2D eigenvalue weighted by atomic mass is 16.6.